The number of carbonyl (C=O) groups is 1. The van der Waals surface area contributed by atoms with Gasteiger partial charge in [-0.25, -0.2) is 0 Å². The largest absolute Gasteiger partial charge is 0.416 e. The summed E-state index contributed by atoms with van der Waals surface area (Å²) in [6.45, 7) is 4.62. The van der Waals surface area contributed by atoms with E-state index in [0.29, 0.717) is 57.9 Å². The number of ether oxygens (including phenoxy) is 4. The van der Waals surface area contributed by atoms with E-state index in [1.54, 1.807) is 20.3 Å². The van der Waals surface area contributed by atoms with Crippen LogP contribution in [0.2, 0.25) is 0 Å². The maximum atomic E-state index is 14.6. The first-order valence-electron chi connectivity index (χ1n) is 14.9. The van der Waals surface area contributed by atoms with Crippen LogP contribution in [0.5, 0.6) is 0 Å². The van der Waals surface area contributed by atoms with Crippen LogP contribution < -0.4 is 5.32 Å². The molecule has 4 aliphatic heterocycles. The normalized spacial score (nSPS) is 36.3. The molecule has 8 nitrogen and oxygen atoms in total. The first-order chi connectivity index (χ1) is 19.7. The van der Waals surface area contributed by atoms with Gasteiger partial charge >= 0.3 is 6.18 Å². The number of benzene rings is 1. The highest BCUT2D eigenvalue weighted by Gasteiger charge is 2.60. The molecule has 0 radical (unpaired) electrons. The Morgan fingerprint density at radius 2 is 1.83 bits per heavy atom. The van der Waals surface area contributed by atoms with E-state index in [1.807, 2.05) is 4.90 Å². The molecule has 1 aliphatic carbocycles. The van der Waals surface area contributed by atoms with E-state index in [9.17, 15) is 18.0 Å². The molecule has 1 saturated carbocycles. The summed E-state index contributed by atoms with van der Waals surface area (Å²) in [5, 5.41) is 3.82. The van der Waals surface area contributed by atoms with Crippen LogP contribution in [-0.2, 0) is 42.9 Å². The molecule has 228 valence electrons. The van der Waals surface area contributed by atoms with Crippen LogP contribution in [0, 0.1) is 11.3 Å². The van der Waals surface area contributed by atoms with Gasteiger partial charge in [0.1, 0.15) is 0 Å². The molecule has 1 amide bonds. The third-order valence-electron chi connectivity index (χ3n) is 10.3. The fourth-order valence-electron chi connectivity index (χ4n) is 8.12. The van der Waals surface area contributed by atoms with Crippen LogP contribution in [-0.4, -0.2) is 106 Å². The molecule has 0 aromatic heterocycles. The molecule has 0 unspecified atom stereocenters. The Balaban J connectivity index is 1.24. The zero-order valence-electron chi connectivity index (χ0n) is 24.0. The van der Waals surface area contributed by atoms with Gasteiger partial charge in [0, 0.05) is 71.7 Å². The molecule has 1 aromatic carbocycles. The third kappa shape index (κ3) is 5.65. The van der Waals surface area contributed by atoms with Gasteiger partial charge in [0.05, 0.1) is 36.4 Å². The zero-order chi connectivity index (χ0) is 28.8. The van der Waals surface area contributed by atoms with Crippen molar-refractivity contribution >= 4 is 5.91 Å². The molecular weight excluding hydrogens is 539 g/mol. The van der Waals surface area contributed by atoms with Crippen LogP contribution in [0.4, 0.5) is 13.2 Å². The molecule has 41 heavy (non-hydrogen) atoms. The molecule has 11 heteroatoms. The van der Waals surface area contributed by atoms with Crippen LogP contribution in [0.1, 0.15) is 42.4 Å². The van der Waals surface area contributed by atoms with Crippen molar-refractivity contribution in [3.8, 4) is 0 Å². The lowest BCUT2D eigenvalue weighted by Gasteiger charge is -2.40. The van der Waals surface area contributed by atoms with E-state index in [1.165, 1.54) is 6.07 Å². The van der Waals surface area contributed by atoms with Crippen molar-refractivity contribution in [3.63, 3.8) is 0 Å². The molecular formula is C30H42F3N3O5. The number of hydrogen-bond acceptors (Lipinski definition) is 7. The molecule has 5 aliphatic rings. The maximum absolute atomic E-state index is 14.6. The summed E-state index contributed by atoms with van der Waals surface area (Å²) in [5.74, 6) is 0.227. The second-order valence-electron chi connectivity index (χ2n) is 12.5. The Bertz CT molecular complexity index is 1110. The fourth-order valence-corrected chi connectivity index (χ4v) is 8.12. The number of carbonyl (C=O) groups excluding carboxylic acids is 1. The molecule has 3 saturated heterocycles. The van der Waals surface area contributed by atoms with E-state index in [-0.39, 0.29) is 48.7 Å². The molecule has 6 rings (SSSR count). The minimum atomic E-state index is -4.41. The zero-order valence-corrected chi connectivity index (χ0v) is 24.0. The summed E-state index contributed by atoms with van der Waals surface area (Å²) >= 11 is 0. The fraction of sp³-hybridized carbons (Fsp3) is 0.767. The van der Waals surface area contributed by atoms with Crippen molar-refractivity contribution in [2.24, 2.45) is 11.3 Å². The maximum Gasteiger partial charge on any atom is 0.416 e. The SMILES string of the molecule is CO[C@@H]1COCC[C@@H]1N[C@@H]1C[C@H]2CN([C@H]3CCOC[C@H]3OC)C[C@@]2(C(=O)N2CCc3ccc(C(F)(F)F)cc3C2)C1. The Kier molecular flexibility index (Phi) is 8.39. The Morgan fingerprint density at radius 1 is 1.07 bits per heavy atom. The minimum Gasteiger partial charge on any atom is -0.379 e. The first-order valence-corrected chi connectivity index (χ1v) is 14.9. The van der Waals surface area contributed by atoms with Crippen molar-refractivity contribution in [3.05, 3.63) is 34.9 Å². The van der Waals surface area contributed by atoms with E-state index < -0.39 is 17.2 Å². The number of rotatable bonds is 6. The van der Waals surface area contributed by atoms with Gasteiger partial charge in [0.2, 0.25) is 5.91 Å². The lowest BCUT2D eigenvalue weighted by atomic mass is 9.78. The number of alkyl halides is 3. The molecule has 4 heterocycles. The molecule has 0 spiro atoms. The quantitative estimate of drug-likeness (QED) is 0.554. The highest BCUT2D eigenvalue weighted by molar-refractivity contribution is 5.85. The van der Waals surface area contributed by atoms with Crippen molar-refractivity contribution in [2.45, 2.75) is 75.2 Å². The molecule has 1 aromatic rings. The molecule has 7 atom stereocenters. The summed E-state index contributed by atoms with van der Waals surface area (Å²) in [5.41, 5.74) is 0.239. The Labute approximate surface area is 239 Å². The molecule has 4 fully saturated rings. The van der Waals surface area contributed by atoms with E-state index in [4.69, 9.17) is 18.9 Å². The lowest BCUT2D eigenvalue weighted by Crippen LogP contribution is -2.54. The number of nitrogens with one attached hydrogen (secondary N) is 1. The van der Waals surface area contributed by atoms with Gasteiger partial charge in [-0.15, -0.1) is 0 Å². The van der Waals surface area contributed by atoms with E-state index in [0.717, 1.165) is 37.4 Å². The summed E-state index contributed by atoms with van der Waals surface area (Å²) in [7, 11) is 3.42. The van der Waals surface area contributed by atoms with E-state index >= 15 is 0 Å². The lowest BCUT2D eigenvalue weighted by molar-refractivity contribution is -0.144. The van der Waals surface area contributed by atoms with Crippen molar-refractivity contribution < 1.29 is 36.9 Å². The monoisotopic (exact) mass is 581 g/mol. The van der Waals surface area contributed by atoms with Gasteiger partial charge in [-0.05, 0) is 61.3 Å². The van der Waals surface area contributed by atoms with Gasteiger partial charge in [0.15, 0.2) is 0 Å². The number of fused-ring (bicyclic) bond motifs is 2. The number of hydrogen-bond donors (Lipinski definition) is 1. The highest BCUT2D eigenvalue weighted by atomic mass is 19.4. The predicted molar refractivity (Wildman–Crippen MR) is 144 cm³/mol. The van der Waals surface area contributed by atoms with Crippen molar-refractivity contribution in [1.82, 2.24) is 15.1 Å². The average Bonchev–Trinajstić information content (AvgIpc) is 3.50. The Morgan fingerprint density at radius 3 is 2.59 bits per heavy atom. The summed E-state index contributed by atoms with van der Waals surface area (Å²) in [6.07, 6.45) is -0.634. The average molecular weight is 582 g/mol. The number of methoxy groups -OCH3 is 2. The van der Waals surface area contributed by atoms with Crippen LogP contribution >= 0.6 is 0 Å². The number of nitrogens with zero attached hydrogens (tertiary/aromatic N) is 2. The first kappa shape index (κ1) is 29.3. The number of halogens is 3. The van der Waals surface area contributed by atoms with Gasteiger partial charge in [-0.2, -0.15) is 13.2 Å². The van der Waals surface area contributed by atoms with Gasteiger partial charge in [0.25, 0.3) is 0 Å². The van der Waals surface area contributed by atoms with E-state index in [2.05, 4.69) is 10.2 Å². The van der Waals surface area contributed by atoms with Crippen molar-refractivity contribution in [2.75, 3.05) is 60.3 Å². The number of likely N-dealkylation sites (tertiary alicyclic amines) is 1. The second-order valence-corrected chi connectivity index (χ2v) is 12.5. The minimum absolute atomic E-state index is 0.0292. The second kappa shape index (κ2) is 11.7. The molecule has 1 N–H and O–H groups in total. The number of amides is 1. The van der Waals surface area contributed by atoms with Crippen LogP contribution in [0.3, 0.4) is 0 Å². The van der Waals surface area contributed by atoms with Crippen molar-refractivity contribution in [1.29, 1.82) is 0 Å². The standard InChI is InChI=1S/C30H42F3N3O5/c1-38-26-16-40-9-6-24(26)34-23-12-22-15-36(25-7-10-41-17-27(25)39-2)18-29(22,13-23)28(37)35-8-5-19-3-4-21(30(31,32)33)11-20(19)14-35/h3-4,11,22-27,34H,5-10,12-18H2,1-2H3/t22-,23+,24-,25-,26+,27+,29-/m0/s1. The van der Waals surface area contributed by atoms with Crippen LogP contribution in [0.25, 0.3) is 0 Å². The summed E-state index contributed by atoms with van der Waals surface area (Å²) in [4.78, 5) is 18.8. The third-order valence-corrected chi connectivity index (χ3v) is 10.3. The topological polar surface area (TPSA) is 72.5 Å². The van der Waals surface area contributed by atoms with Gasteiger partial charge in [-0.3, -0.25) is 9.69 Å². The summed E-state index contributed by atoms with van der Waals surface area (Å²) < 4.78 is 63.2. The smallest absolute Gasteiger partial charge is 0.379 e. The molecule has 0 bridgehead atoms. The predicted octanol–water partition coefficient (Wildman–Crippen LogP) is 2.87. The highest BCUT2D eigenvalue weighted by Crippen LogP contribution is 2.52. The summed E-state index contributed by atoms with van der Waals surface area (Å²) in [6, 6.07) is 4.46. The van der Waals surface area contributed by atoms with Crippen LogP contribution in [0.15, 0.2) is 18.2 Å². The Hall–Kier alpha value is -1.76. The van der Waals surface area contributed by atoms with Gasteiger partial charge in [-0.1, -0.05) is 6.07 Å². The van der Waals surface area contributed by atoms with Gasteiger partial charge < -0.3 is 29.2 Å².